The van der Waals surface area contributed by atoms with Crippen LogP contribution in [0.15, 0.2) is 126 Å². The Kier molecular flexibility index (Phi) is 5.36. The molecule has 0 bridgehead atoms. The number of ether oxygens (including phenoxy) is 2. The Morgan fingerprint density at radius 1 is 0.757 bits per heavy atom. The first-order valence-electron chi connectivity index (χ1n) is 12.7. The molecule has 0 amide bonds. The lowest BCUT2D eigenvalue weighted by atomic mass is 9.95. The average molecular weight is 483 g/mol. The van der Waals surface area contributed by atoms with Crippen LogP contribution in [0.25, 0.3) is 10.8 Å². The number of hydrogen-bond acceptors (Lipinski definition) is 4. The van der Waals surface area contributed by atoms with Crippen LogP contribution in [0.4, 0.5) is 0 Å². The van der Waals surface area contributed by atoms with Crippen molar-refractivity contribution in [2.24, 2.45) is 5.10 Å². The molecule has 0 spiro atoms. The van der Waals surface area contributed by atoms with Crippen molar-refractivity contribution >= 4 is 16.5 Å². The van der Waals surface area contributed by atoms with Gasteiger partial charge in [0, 0.05) is 17.5 Å². The molecule has 4 heteroatoms. The van der Waals surface area contributed by atoms with Crippen molar-refractivity contribution in [1.82, 2.24) is 5.01 Å². The molecule has 2 aliphatic heterocycles. The second-order valence-corrected chi connectivity index (χ2v) is 9.56. The lowest BCUT2D eigenvalue weighted by Gasteiger charge is -2.38. The second kappa shape index (κ2) is 9.14. The second-order valence-electron chi connectivity index (χ2n) is 9.56. The Morgan fingerprint density at radius 3 is 2.38 bits per heavy atom. The van der Waals surface area contributed by atoms with Gasteiger partial charge in [-0.25, -0.2) is 5.01 Å². The normalized spacial score (nSPS) is 18.1. The van der Waals surface area contributed by atoms with Crippen LogP contribution < -0.4 is 9.47 Å². The largest absolute Gasteiger partial charge is 0.489 e. The predicted molar refractivity (Wildman–Crippen MR) is 147 cm³/mol. The van der Waals surface area contributed by atoms with Crippen LogP contribution in [0.2, 0.25) is 0 Å². The van der Waals surface area contributed by atoms with Crippen LogP contribution in [-0.2, 0) is 6.61 Å². The summed E-state index contributed by atoms with van der Waals surface area (Å²) >= 11 is 0. The van der Waals surface area contributed by atoms with Crippen molar-refractivity contribution in [2.75, 3.05) is 0 Å². The molecule has 2 aliphatic rings. The Morgan fingerprint density at radius 2 is 1.51 bits per heavy atom. The molecule has 2 atom stereocenters. The zero-order valence-electron chi connectivity index (χ0n) is 20.3. The first kappa shape index (κ1) is 21.7. The fourth-order valence-electron chi connectivity index (χ4n) is 5.27. The quantitative estimate of drug-likeness (QED) is 0.258. The minimum Gasteiger partial charge on any atom is -0.489 e. The number of fused-ring (bicyclic) bond motifs is 4. The summed E-state index contributed by atoms with van der Waals surface area (Å²) in [6.07, 6.45) is 0.536. The molecule has 0 saturated carbocycles. The molecule has 7 rings (SSSR count). The Bertz CT molecular complexity index is 1590. The van der Waals surface area contributed by atoms with E-state index in [0.29, 0.717) is 6.61 Å². The smallest absolute Gasteiger partial charge is 0.213 e. The highest BCUT2D eigenvalue weighted by Crippen LogP contribution is 2.47. The highest BCUT2D eigenvalue weighted by molar-refractivity contribution is 6.04. The van der Waals surface area contributed by atoms with Gasteiger partial charge in [-0.2, -0.15) is 5.10 Å². The molecule has 37 heavy (non-hydrogen) atoms. The van der Waals surface area contributed by atoms with Gasteiger partial charge in [0.25, 0.3) is 0 Å². The third-order valence-electron chi connectivity index (χ3n) is 7.20. The van der Waals surface area contributed by atoms with Crippen molar-refractivity contribution < 1.29 is 9.47 Å². The molecular formula is C33H26N2O2. The van der Waals surface area contributed by atoms with Gasteiger partial charge < -0.3 is 9.47 Å². The van der Waals surface area contributed by atoms with E-state index in [-0.39, 0.29) is 12.3 Å². The van der Waals surface area contributed by atoms with Gasteiger partial charge in [0.2, 0.25) is 6.23 Å². The van der Waals surface area contributed by atoms with Gasteiger partial charge in [-0.3, -0.25) is 0 Å². The summed E-state index contributed by atoms with van der Waals surface area (Å²) < 4.78 is 12.5. The number of rotatable bonds is 5. The van der Waals surface area contributed by atoms with Gasteiger partial charge in [-0.1, -0.05) is 84.9 Å². The maximum absolute atomic E-state index is 6.53. The Hall–Kier alpha value is -4.57. The summed E-state index contributed by atoms with van der Waals surface area (Å²) in [7, 11) is 0. The number of hydrogen-bond donors (Lipinski definition) is 0. The fraction of sp³-hybridized carbons (Fsp3) is 0.121. The molecule has 0 aromatic heterocycles. The van der Waals surface area contributed by atoms with Crippen LogP contribution in [0.5, 0.6) is 11.5 Å². The standard InChI is InChI=1S/C33H26N2O2/c1-2-8-23(9-3-1)22-36-28-18-16-25(17-19-28)33-35-31(29-12-6-7-13-32(29)37-33)21-30(34-35)27-15-14-24-10-4-5-11-26(24)20-27/h1-20,31,33H,21-22H2/t31-,33-/m0/s1. The summed E-state index contributed by atoms with van der Waals surface area (Å²) in [5, 5.41) is 9.74. The first-order chi connectivity index (χ1) is 18.3. The maximum atomic E-state index is 6.53. The predicted octanol–water partition coefficient (Wildman–Crippen LogP) is 7.66. The highest BCUT2D eigenvalue weighted by Gasteiger charge is 2.40. The maximum Gasteiger partial charge on any atom is 0.213 e. The van der Waals surface area contributed by atoms with Crippen LogP contribution in [0, 0.1) is 0 Å². The van der Waals surface area contributed by atoms with E-state index in [9.17, 15) is 0 Å². The molecule has 0 aliphatic carbocycles. The zero-order chi connectivity index (χ0) is 24.6. The minimum absolute atomic E-state index is 0.130. The molecule has 5 aromatic rings. The van der Waals surface area contributed by atoms with E-state index in [1.54, 1.807) is 0 Å². The van der Waals surface area contributed by atoms with Crippen molar-refractivity contribution in [3.8, 4) is 11.5 Å². The van der Waals surface area contributed by atoms with Crippen molar-refractivity contribution in [3.63, 3.8) is 0 Å². The van der Waals surface area contributed by atoms with Crippen LogP contribution >= 0.6 is 0 Å². The molecule has 0 saturated heterocycles. The SMILES string of the molecule is c1ccc(COc2ccc([C@@H]3Oc4ccccc4[C@@H]4CC(c5ccc6ccccc6c5)=NN43)cc2)cc1. The van der Waals surface area contributed by atoms with E-state index in [1.807, 2.05) is 36.4 Å². The Balaban J connectivity index is 1.19. The molecular weight excluding hydrogens is 456 g/mol. The molecule has 0 radical (unpaired) electrons. The zero-order valence-corrected chi connectivity index (χ0v) is 20.3. The third kappa shape index (κ3) is 4.11. The minimum atomic E-state index is -0.305. The average Bonchev–Trinajstić information content (AvgIpc) is 3.42. The van der Waals surface area contributed by atoms with E-state index in [2.05, 4.69) is 89.9 Å². The van der Waals surface area contributed by atoms with Crippen molar-refractivity contribution in [1.29, 1.82) is 0 Å². The highest BCUT2D eigenvalue weighted by atomic mass is 16.5. The van der Waals surface area contributed by atoms with E-state index in [1.165, 1.54) is 16.3 Å². The van der Waals surface area contributed by atoms with E-state index >= 15 is 0 Å². The van der Waals surface area contributed by atoms with E-state index in [4.69, 9.17) is 14.6 Å². The van der Waals surface area contributed by atoms with Gasteiger partial charge in [0.15, 0.2) is 0 Å². The van der Waals surface area contributed by atoms with Gasteiger partial charge in [-0.15, -0.1) is 0 Å². The molecule has 4 nitrogen and oxygen atoms in total. The summed E-state index contributed by atoms with van der Waals surface area (Å²) in [5.41, 5.74) is 5.63. The first-order valence-corrected chi connectivity index (χ1v) is 12.7. The lowest BCUT2D eigenvalue weighted by Crippen LogP contribution is -2.33. The topological polar surface area (TPSA) is 34.1 Å². The van der Waals surface area contributed by atoms with Crippen molar-refractivity contribution in [3.05, 3.63) is 144 Å². The fourth-order valence-corrected chi connectivity index (χ4v) is 5.27. The van der Waals surface area contributed by atoms with Gasteiger partial charge in [0.05, 0.1) is 11.8 Å². The third-order valence-corrected chi connectivity index (χ3v) is 7.20. The Labute approximate surface area is 216 Å². The summed E-state index contributed by atoms with van der Waals surface area (Å²) in [5.74, 6) is 1.76. The van der Waals surface area contributed by atoms with Crippen LogP contribution in [0.3, 0.4) is 0 Å². The number of benzene rings is 5. The number of hydrazone groups is 1. The van der Waals surface area contributed by atoms with Gasteiger partial charge in [-0.05, 0) is 58.3 Å². The van der Waals surface area contributed by atoms with Crippen LogP contribution in [-0.4, -0.2) is 10.7 Å². The van der Waals surface area contributed by atoms with Gasteiger partial charge in [0.1, 0.15) is 18.1 Å². The molecule has 5 aromatic carbocycles. The number of nitrogens with zero attached hydrogens (tertiary/aromatic N) is 2. The van der Waals surface area contributed by atoms with Gasteiger partial charge >= 0.3 is 0 Å². The summed E-state index contributed by atoms with van der Waals surface area (Å²) in [6, 6.07) is 41.9. The monoisotopic (exact) mass is 482 g/mol. The van der Waals surface area contributed by atoms with Crippen molar-refractivity contribution in [2.45, 2.75) is 25.3 Å². The van der Waals surface area contributed by atoms with Crippen LogP contribution in [0.1, 0.15) is 40.9 Å². The summed E-state index contributed by atoms with van der Waals surface area (Å²) in [4.78, 5) is 0. The molecule has 180 valence electrons. The molecule has 0 unspecified atom stereocenters. The molecule has 2 heterocycles. The summed E-state index contributed by atoms with van der Waals surface area (Å²) in [6.45, 7) is 0.543. The van der Waals surface area contributed by atoms with E-state index < -0.39 is 0 Å². The lowest BCUT2D eigenvalue weighted by molar-refractivity contribution is -0.0190. The molecule has 0 N–H and O–H groups in total. The van der Waals surface area contributed by atoms with E-state index in [0.717, 1.165) is 40.3 Å². The molecule has 0 fully saturated rings. The number of para-hydroxylation sites is 1.